The lowest BCUT2D eigenvalue weighted by Gasteiger charge is -2.17. The molecule has 1 aromatic rings. The predicted octanol–water partition coefficient (Wildman–Crippen LogP) is 1.20. The highest BCUT2D eigenvalue weighted by molar-refractivity contribution is 7.88. The molecule has 122 valence electrons. The largest absolute Gasteiger partial charge is 0.345 e. The van der Waals surface area contributed by atoms with E-state index in [9.17, 15) is 13.2 Å². The maximum Gasteiger partial charge on any atom is 0.255 e. The van der Waals surface area contributed by atoms with Crippen LogP contribution in [0.1, 0.15) is 47.1 Å². The van der Waals surface area contributed by atoms with Gasteiger partial charge in [-0.15, -0.1) is 0 Å². The molecule has 1 unspecified atom stereocenters. The minimum Gasteiger partial charge on any atom is -0.345 e. The second kappa shape index (κ2) is 5.38. The molecule has 2 aliphatic rings. The van der Waals surface area contributed by atoms with Crippen LogP contribution in [0, 0.1) is 13.8 Å². The Morgan fingerprint density at radius 1 is 1.27 bits per heavy atom. The van der Waals surface area contributed by atoms with E-state index in [4.69, 9.17) is 0 Å². The van der Waals surface area contributed by atoms with Crippen LogP contribution in [-0.4, -0.2) is 49.2 Å². The molecule has 2 fully saturated rings. The predicted molar refractivity (Wildman–Crippen MR) is 84.5 cm³/mol. The Morgan fingerprint density at radius 2 is 1.95 bits per heavy atom. The molecule has 0 aromatic carbocycles. The molecule has 6 nitrogen and oxygen atoms in total. The van der Waals surface area contributed by atoms with E-state index < -0.39 is 10.0 Å². The highest BCUT2D eigenvalue weighted by Crippen LogP contribution is 2.38. The van der Waals surface area contributed by atoms with Gasteiger partial charge in [0.1, 0.15) is 0 Å². The smallest absolute Gasteiger partial charge is 0.255 e. The minimum absolute atomic E-state index is 0.0119. The van der Waals surface area contributed by atoms with E-state index in [0.29, 0.717) is 25.6 Å². The van der Waals surface area contributed by atoms with E-state index in [1.54, 1.807) is 4.90 Å². The van der Waals surface area contributed by atoms with E-state index in [-0.39, 0.29) is 11.9 Å². The average molecular weight is 325 g/mol. The summed E-state index contributed by atoms with van der Waals surface area (Å²) < 4.78 is 27.4. The van der Waals surface area contributed by atoms with Crippen LogP contribution in [0.5, 0.6) is 0 Å². The van der Waals surface area contributed by atoms with Gasteiger partial charge in [0.15, 0.2) is 0 Å². The molecule has 2 heterocycles. The molecular formula is C15H23N3O3S. The summed E-state index contributed by atoms with van der Waals surface area (Å²) >= 11 is 0. The summed E-state index contributed by atoms with van der Waals surface area (Å²) in [6.07, 6.45) is 4.20. The lowest BCUT2D eigenvalue weighted by molar-refractivity contribution is 0.0789. The molecule has 1 amide bonds. The van der Waals surface area contributed by atoms with Gasteiger partial charge in [0.2, 0.25) is 10.0 Å². The van der Waals surface area contributed by atoms with Crippen LogP contribution >= 0.6 is 0 Å². The highest BCUT2D eigenvalue weighted by Gasteiger charge is 2.32. The molecule has 0 spiro atoms. The van der Waals surface area contributed by atoms with E-state index in [2.05, 4.69) is 9.29 Å². The molecular weight excluding hydrogens is 302 g/mol. The van der Waals surface area contributed by atoms with Gasteiger partial charge in [-0.25, -0.2) is 13.1 Å². The first-order chi connectivity index (χ1) is 10.3. The highest BCUT2D eigenvalue weighted by atomic mass is 32.2. The van der Waals surface area contributed by atoms with E-state index in [1.165, 1.54) is 12.8 Å². The van der Waals surface area contributed by atoms with Crippen molar-refractivity contribution in [2.75, 3.05) is 19.3 Å². The Hall–Kier alpha value is -1.34. The molecule has 22 heavy (non-hydrogen) atoms. The Kier molecular flexibility index (Phi) is 3.81. The van der Waals surface area contributed by atoms with Crippen molar-refractivity contribution in [1.82, 2.24) is 14.2 Å². The van der Waals surface area contributed by atoms with Crippen LogP contribution in [-0.2, 0) is 10.0 Å². The van der Waals surface area contributed by atoms with Crippen LogP contribution in [0.3, 0.4) is 0 Å². The van der Waals surface area contributed by atoms with Crippen LogP contribution in [0.25, 0.3) is 0 Å². The number of carbonyl (C=O) groups is 1. The number of hydrogen-bond donors (Lipinski definition) is 1. The standard InChI is InChI=1S/C15H23N3O3S/c1-10-8-14(11(2)18(10)13-4-5-13)15(19)17-7-6-12(9-17)16-22(3,20)21/h8,12-13,16H,4-7,9H2,1-3H3. The fourth-order valence-corrected chi connectivity index (χ4v) is 4.20. The number of aromatic nitrogens is 1. The molecule has 1 atom stereocenters. The zero-order valence-electron chi connectivity index (χ0n) is 13.3. The van der Waals surface area contributed by atoms with Crippen molar-refractivity contribution in [3.63, 3.8) is 0 Å². The Balaban J connectivity index is 1.74. The van der Waals surface area contributed by atoms with Gasteiger partial charge in [0.25, 0.3) is 5.91 Å². The first kappa shape index (κ1) is 15.6. The topological polar surface area (TPSA) is 71.4 Å². The van der Waals surface area contributed by atoms with E-state index in [0.717, 1.165) is 23.2 Å². The number of aryl methyl sites for hydroxylation is 1. The fourth-order valence-electron chi connectivity index (χ4n) is 3.40. The summed E-state index contributed by atoms with van der Waals surface area (Å²) in [5.74, 6) is 0.0119. The summed E-state index contributed by atoms with van der Waals surface area (Å²) in [5.41, 5.74) is 2.92. The van der Waals surface area contributed by atoms with Crippen LogP contribution in [0.2, 0.25) is 0 Å². The first-order valence-corrected chi connectivity index (χ1v) is 9.60. The lowest BCUT2D eigenvalue weighted by atomic mass is 10.2. The number of nitrogens with one attached hydrogen (secondary N) is 1. The van der Waals surface area contributed by atoms with Gasteiger partial charge in [-0.3, -0.25) is 4.79 Å². The molecule has 1 saturated heterocycles. The van der Waals surface area contributed by atoms with E-state index >= 15 is 0 Å². The summed E-state index contributed by atoms with van der Waals surface area (Å²) in [6, 6.07) is 2.35. The van der Waals surface area contributed by atoms with Crippen LogP contribution in [0.4, 0.5) is 0 Å². The maximum atomic E-state index is 12.7. The number of carbonyl (C=O) groups excluding carboxylic acids is 1. The minimum atomic E-state index is -3.23. The summed E-state index contributed by atoms with van der Waals surface area (Å²) in [6.45, 7) is 5.08. The molecule has 1 N–H and O–H groups in total. The number of likely N-dealkylation sites (tertiary alicyclic amines) is 1. The lowest BCUT2D eigenvalue weighted by Crippen LogP contribution is -2.38. The number of nitrogens with zero attached hydrogens (tertiary/aromatic N) is 2. The summed E-state index contributed by atoms with van der Waals surface area (Å²) in [4.78, 5) is 14.5. The number of sulfonamides is 1. The fraction of sp³-hybridized carbons (Fsp3) is 0.667. The SMILES string of the molecule is Cc1cc(C(=O)N2CCC(NS(C)(=O)=O)C2)c(C)n1C1CC1. The van der Waals surface area contributed by atoms with Gasteiger partial charge in [-0.2, -0.15) is 0 Å². The maximum absolute atomic E-state index is 12.7. The van der Waals surface area contributed by atoms with Crippen molar-refractivity contribution in [2.45, 2.75) is 45.2 Å². The summed E-state index contributed by atoms with van der Waals surface area (Å²) in [7, 11) is -3.23. The van der Waals surface area contributed by atoms with Crippen LogP contribution in [0.15, 0.2) is 6.07 Å². The summed E-state index contributed by atoms with van der Waals surface area (Å²) in [5, 5.41) is 0. The Labute approximate surface area is 131 Å². The zero-order valence-corrected chi connectivity index (χ0v) is 14.1. The second-order valence-corrected chi connectivity index (χ2v) is 8.29. The molecule has 0 radical (unpaired) electrons. The third-order valence-electron chi connectivity index (χ3n) is 4.48. The van der Waals surface area contributed by atoms with E-state index in [1.807, 2.05) is 19.9 Å². The molecule has 1 aromatic heterocycles. The monoisotopic (exact) mass is 325 g/mol. The molecule has 7 heteroatoms. The average Bonchev–Trinajstić information content (AvgIpc) is 3.05. The Morgan fingerprint density at radius 3 is 2.55 bits per heavy atom. The molecule has 1 saturated carbocycles. The first-order valence-electron chi connectivity index (χ1n) is 7.71. The molecule has 3 rings (SSSR count). The molecule has 1 aliphatic heterocycles. The van der Waals surface area contributed by atoms with Gasteiger partial charge in [-0.1, -0.05) is 0 Å². The van der Waals surface area contributed by atoms with Crippen molar-refractivity contribution >= 4 is 15.9 Å². The van der Waals surface area contributed by atoms with Crippen molar-refractivity contribution in [2.24, 2.45) is 0 Å². The van der Waals surface area contributed by atoms with Gasteiger partial charge in [0.05, 0.1) is 11.8 Å². The Bertz CT molecular complexity index is 704. The zero-order chi connectivity index (χ0) is 16.1. The number of hydrogen-bond acceptors (Lipinski definition) is 3. The molecule has 1 aliphatic carbocycles. The van der Waals surface area contributed by atoms with Gasteiger partial charge in [-0.05, 0) is 39.2 Å². The normalized spacial score (nSPS) is 22.3. The number of rotatable bonds is 4. The quantitative estimate of drug-likeness (QED) is 0.904. The van der Waals surface area contributed by atoms with Gasteiger partial charge < -0.3 is 9.47 Å². The van der Waals surface area contributed by atoms with Gasteiger partial charge >= 0.3 is 0 Å². The third-order valence-corrected chi connectivity index (χ3v) is 5.24. The van der Waals surface area contributed by atoms with Crippen LogP contribution < -0.4 is 4.72 Å². The number of amides is 1. The third kappa shape index (κ3) is 3.05. The van der Waals surface area contributed by atoms with Crippen molar-refractivity contribution < 1.29 is 13.2 Å². The van der Waals surface area contributed by atoms with Gasteiger partial charge in [0, 0.05) is 36.6 Å². The van der Waals surface area contributed by atoms with Crippen molar-refractivity contribution in [1.29, 1.82) is 0 Å². The second-order valence-electron chi connectivity index (χ2n) is 6.51. The molecule has 0 bridgehead atoms. The van der Waals surface area contributed by atoms with Crippen molar-refractivity contribution in [3.05, 3.63) is 23.0 Å². The van der Waals surface area contributed by atoms with Crippen molar-refractivity contribution in [3.8, 4) is 0 Å².